The first-order valence-corrected chi connectivity index (χ1v) is 14.3. The molecule has 0 bridgehead atoms. The molecule has 0 unspecified atom stereocenters. The molecule has 2 aliphatic heterocycles. The molecule has 0 atom stereocenters. The molecule has 41 heavy (non-hydrogen) atoms. The van der Waals surface area contributed by atoms with Crippen LogP contribution in [0.3, 0.4) is 0 Å². The molecular weight excluding hydrogens is 555 g/mol. The number of amidine groups is 1. The van der Waals surface area contributed by atoms with Crippen LogP contribution in [0.4, 0.5) is 30.5 Å². The number of carbonyl (C=O) groups excluding carboxylic acids is 1. The highest BCUT2D eigenvalue weighted by atomic mass is 32.2. The standard InChI is InChI=1S/C27H36F3N9OS/c1-18(31)15-22(32)34-23-16-24(39-9-7-20(8-10-39)38-13-11-37(2)12-14-38)36-26(35-23)41-21-5-3-19(4-6-21)33-25(40)17-27(28,29)30/h3-6,16,20,31H,7-15,17H2,1-2H3,(H,33,40)(H2,32,34,35,36). The van der Waals surface area contributed by atoms with Crippen LogP contribution >= 0.6 is 11.8 Å². The van der Waals surface area contributed by atoms with Crippen LogP contribution in [0.15, 0.2) is 45.4 Å². The molecule has 2 saturated heterocycles. The zero-order chi connectivity index (χ0) is 29.6. The maximum absolute atomic E-state index is 12.5. The van der Waals surface area contributed by atoms with E-state index in [2.05, 4.69) is 37.0 Å². The number of hydrogen-bond acceptors (Lipinski definition) is 9. The number of anilines is 2. The highest BCUT2D eigenvalue weighted by Crippen LogP contribution is 2.31. The number of likely N-dealkylation sites (N-methyl/N-ethyl adjacent to an activating group) is 1. The number of aromatic nitrogens is 2. The van der Waals surface area contributed by atoms with Crippen LogP contribution in [0.25, 0.3) is 0 Å². The van der Waals surface area contributed by atoms with Gasteiger partial charge in [-0.1, -0.05) is 0 Å². The summed E-state index contributed by atoms with van der Waals surface area (Å²) < 4.78 is 37.4. The van der Waals surface area contributed by atoms with E-state index in [1.54, 1.807) is 19.1 Å². The molecule has 2 aliphatic rings. The van der Waals surface area contributed by atoms with Crippen molar-refractivity contribution in [3.8, 4) is 0 Å². The molecule has 0 saturated carbocycles. The predicted octanol–water partition coefficient (Wildman–Crippen LogP) is 4.15. The minimum atomic E-state index is -4.57. The van der Waals surface area contributed by atoms with E-state index in [-0.39, 0.29) is 17.9 Å². The lowest BCUT2D eigenvalue weighted by Crippen LogP contribution is -2.52. The largest absolute Gasteiger partial charge is 0.397 e. The van der Waals surface area contributed by atoms with Crippen LogP contribution in [0, 0.1) is 5.41 Å². The number of halogens is 3. The second-order valence-electron chi connectivity index (χ2n) is 10.5. The molecule has 3 heterocycles. The average Bonchev–Trinajstić information content (AvgIpc) is 2.89. The Morgan fingerprint density at radius 1 is 1.12 bits per heavy atom. The summed E-state index contributed by atoms with van der Waals surface area (Å²) in [7, 11) is 2.16. The van der Waals surface area contributed by atoms with Gasteiger partial charge in [0.1, 0.15) is 18.1 Å². The molecule has 1 aromatic carbocycles. The number of piperidine rings is 1. The number of aliphatic imine (C=N–C) groups is 1. The maximum Gasteiger partial charge on any atom is 0.397 e. The van der Waals surface area contributed by atoms with Gasteiger partial charge in [-0.2, -0.15) is 13.2 Å². The van der Waals surface area contributed by atoms with E-state index < -0.39 is 18.5 Å². The number of nitrogens with two attached hydrogens (primary N) is 1. The molecule has 4 N–H and O–H groups in total. The molecule has 1 amide bonds. The van der Waals surface area contributed by atoms with Crippen molar-refractivity contribution in [3.63, 3.8) is 0 Å². The highest BCUT2D eigenvalue weighted by Gasteiger charge is 2.31. The number of nitrogens with one attached hydrogen (secondary N) is 2. The Morgan fingerprint density at radius 2 is 1.78 bits per heavy atom. The van der Waals surface area contributed by atoms with Crippen LogP contribution in [-0.2, 0) is 4.79 Å². The second-order valence-corrected chi connectivity index (χ2v) is 11.5. The van der Waals surface area contributed by atoms with Gasteiger partial charge in [-0.15, -0.1) is 0 Å². The third kappa shape index (κ3) is 9.68. The Bertz CT molecular complexity index is 1240. The Labute approximate surface area is 242 Å². The normalized spacial score (nSPS) is 18.0. The first kappa shape index (κ1) is 30.7. The third-order valence-corrected chi connectivity index (χ3v) is 7.81. The molecule has 0 aliphatic carbocycles. The van der Waals surface area contributed by atoms with Crippen molar-refractivity contribution in [2.75, 3.05) is 56.5 Å². The summed E-state index contributed by atoms with van der Waals surface area (Å²) in [6.07, 6.45) is -3.81. The van der Waals surface area contributed by atoms with Crippen LogP contribution in [-0.4, -0.2) is 95.8 Å². The monoisotopic (exact) mass is 591 g/mol. The topological polar surface area (TPSA) is 127 Å². The van der Waals surface area contributed by atoms with Crippen LogP contribution < -0.4 is 16.0 Å². The number of alkyl halides is 3. The zero-order valence-corrected chi connectivity index (χ0v) is 24.1. The van der Waals surface area contributed by atoms with Gasteiger partial charge in [-0.3, -0.25) is 9.69 Å². The smallest absolute Gasteiger partial charge is 0.387 e. The summed E-state index contributed by atoms with van der Waals surface area (Å²) in [6.45, 7) is 7.72. The van der Waals surface area contributed by atoms with Crippen molar-refractivity contribution in [2.24, 2.45) is 10.7 Å². The third-order valence-electron chi connectivity index (χ3n) is 6.93. The van der Waals surface area contributed by atoms with Gasteiger partial charge >= 0.3 is 6.18 Å². The van der Waals surface area contributed by atoms with E-state index in [0.717, 1.165) is 62.8 Å². The molecule has 2 aromatic rings. The first-order chi connectivity index (χ1) is 19.4. The lowest BCUT2D eigenvalue weighted by Gasteiger charge is -2.42. The number of rotatable bonds is 9. The fourth-order valence-electron chi connectivity index (χ4n) is 4.87. The quantitative estimate of drug-likeness (QED) is 0.226. The number of carbonyl (C=O) groups is 1. The second kappa shape index (κ2) is 13.6. The van der Waals surface area contributed by atoms with Crippen LogP contribution in [0.2, 0.25) is 0 Å². The van der Waals surface area contributed by atoms with Gasteiger partial charge in [0.15, 0.2) is 11.0 Å². The summed E-state index contributed by atoms with van der Waals surface area (Å²) in [5.74, 6) is 0.304. The summed E-state index contributed by atoms with van der Waals surface area (Å²) >= 11 is 1.28. The Hall–Kier alpha value is -3.23. The molecule has 0 radical (unpaired) electrons. The predicted molar refractivity (Wildman–Crippen MR) is 156 cm³/mol. The molecule has 1 aromatic heterocycles. The van der Waals surface area contributed by atoms with Crippen molar-refractivity contribution in [1.29, 1.82) is 5.41 Å². The molecule has 14 heteroatoms. The van der Waals surface area contributed by atoms with Gasteiger partial charge < -0.3 is 26.3 Å². The highest BCUT2D eigenvalue weighted by molar-refractivity contribution is 7.99. The van der Waals surface area contributed by atoms with Gasteiger partial charge in [0.25, 0.3) is 0 Å². The first-order valence-electron chi connectivity index (χ1n) is 13.5. The summed E-state index contributed by atoms with van der Waals surface area (Å²) in [5.41, 5.74) is 6.72. The molecule has 10 nitrogen and oxygen atoms in total. The summed E-state index contributed by atoms with van der Waals surface area (Å²) in [5, 5.41) is 10.4. The van der Waals surface area contributed by atoms with Crippen LogP contribution in [0.1, 0.15) is 32.6 Å². The number of piperazine rings is 1. The molecule has 0 spiro atoms. The maximum atomic E-state index is 12.5. The fourth-order valence-corrected chi connectivity index (χ4v) is 5.63. The number of nitrogens with zero attached hydrogens (tertiary/aromatic N) is 6. The Kier molecular flexibility index (Phi) is 10.2. The van der Waals surface area contributed by atoms with E-state index in [1.807, 2.05) is 6.07 Å². The van der Waals surface area contributed by atoms with Crippen molar-refractivity contribution in [1.82, 2.24) is 19.8 Å². The van der Waals surface area contributed by atoms with Crippen molar-refractivity contribution in [3.05, 3.63) is 30.3 Å². The number of benzene rings is 1. The van der Waals surface area contributed by atoms with Gasteiger partial charge in [0.05, 0.1) is 0 Å². The lowest BCUT2D eigenvalue weighted by molar-refractivity contribution is -0.150. The fraction of sp³-hybridized carbons (Fsp3) is 0.519. The van der Waals surface area contributed by atoms with Crippen LogP contribution in [0.5, 0.6) is 0 Å². The Morgan fingerprint density at radius 3 is 2.39 bits per heavy atom. The molecule has 4 rings (SSSR count). The van der Waals surface area contributed by atoms with E-state index >= 15 is 0 Å². The molecule has 2 fully saturated rings. The van der Waals surface area contributed by atoms with Gasteiger partial charge in [-0.25, -0.2) is 15.0 Å². The zero-order valence-electron chi connectivity index (χ0n) is 23.2. The van der Waals surface area contributed by atoms with E-state index in [1.165, 1.54) is 23.9 Å². The Balaban J connectivity index is 1.47. The minimum absolute atomic E-state index is 0.236. The number of hydrogen-bond donors (Lipinski definition) is 3. The van der Waals surface area contributed by atoms with Gasteiger partial charge in [0.2, 0.25) is 5.91 Å². The summed E-state index contributed by atoms with van der Waals surface area (Å²) in [6, 6.07) is 8.80. The summed E-state index contributed by atoms with van der Waals surface area (Å²) in [4.78, 5) is 33.3. The van der Waals surface area contributed by atoms with E-state index in [0.29, 0.717) is 22.7 Å². The van der Waals surface area contributed by atoms with E-state index in [9.17, 15) is 18.0 Å². The van der Waals surface area contributed by atoms with Crippen molar-refractivity contribution in [2.45, 2.75) is 54.9 Å². The average molecular weight is 592 g/mol. The molecular formula is C27H36F3N9OS. The minimum Gasteiger partial charge on any atom is -0.387 e. The van der Waals surface area contributed by atoms with Crippen molar-refractivity contribution >= 4 is 46.5 Å². The number of amides is 1. The van der Waals surface area contributed by atoms with Crippen molar-refractivity contribution < 1.29 is 18.0 Å². The lowest BCUT2D eigenvalue weighted by atomic mass is 10.0. The SMILES string of the molecule is CC(=N)CC(N)=Nc1cc(N2CCC(N3CCN(C)CC3)CC2)nc(Sc2ccc(NC(=O)CC(F)(F)F)cc2)n1. The molecule has 222 valence electrons. The van der Waals surface area contributed by atoms with Gasteiger partial charge in [0, 0.05) is 74.1 Å². The van der Waals surface area contributed by atoms with Gasteiger partial charge in [-0.05, 0) is 62.8 Å². The van der Waals surface area contributed by atoms with E-state index in [4.69, 9.17) is 16.1 Å².